The average molecular weight is 454 g/mol. The minimum absolute atomic E-state index is 0.0176. The van der Waals surface area contributed by atoms with E-state index in [9.17, 15) is 4.79 Å². The van der Waals surface area contributed by atoms with Gasteiger partial charge >= 0.3 is 0 Å². The van der Waals surface area contributed by atoms with Crippen molar-refractivity contribution in [3.8, 4) is 0 Å². The van der Waals surface area contributed by atoms with E-state index < -0.39 is 0 Å². The van der Waals surface area contributed by atoms with Crippen molar-refractivity contribution in [3.05, 3.63) is 45.9 Å². The van der Waals surface area contributed by atoms with Gasteiger partial charge in [-0.15, -0.1) is 22.9 Å². The quantitative estimate of drug-likeness (QED) is 0.544. The molecular formula is C22H29Cl2N3OS. The second-order valence-electron chi connectivity index (χ2n) is 8.78. The lowest BCUT2D eigenvalue weighted by Gasteiger charge is -2.45. The molecule has 0 aliphatic carbocycles. The van der Waals surface area contributed by atoms with E-state index in [1.54, 1.807) is 0 Å². The van der Waals surface area contributed by atoms with Crippen LogP contribution in [0.1, 0.15) is 51.3 Å². The summed E-state index contributed by atoms with van der Waals surface area (Å²) < 4.78 is 0. The van der Waals surface area contributed by atoms with Crippen LogP contribution in [0.5, 0.6) is 0 Å². The van der Waals surface area contributed by atoms with Crippen molar-refractivity contribution in [1.29, 1.82) is 0 Å². The van der Waals surface area contributed by atoms with Crippen LogP contribution in [0.4, 0.5) is 5.13 Å². The van der Waals surface area contributed by atoms with Crippen LogP contribution in [0.3, 0.4) is 0 Å². The Morgan fingerprint density at radius 3 is 2.59 bits per heavy atom. The highest BCUT2D eigenvalue weighted by atomic mass is 35.5. The van der Waals surface area contributed by atoms with Gasteiger partial charge in [0.1, 0.15) is 6.04 Å². The molecule has 1 N–H and O–H groups in total. The van der Waals surface area contributed by atoms with Gasteiger partial charge in [-0.2, -0.15) is 0 Å². The number of carbonyl (C=O) groups is 1. The van der Waals surface area contributed by atoms with Crippen LogP contribution < -0.4 is 5.32 Å². The molecule has 1 saturated heterocycles. The summed E-state index contributed by atoms with van der Waals surface area (Å²) in [5.74, 6) is 1.08. The Hall–Kier alpha value is -1.30. The number of anilines is 1. The van der Waals surface area contributed by atoms with Crippen molar-refractivity contribution in [1.82, 2.24) is 9.88 Å². The summed E-state index contributed by atoms with van der Waals surface area (Å²) in [4.78, 5) is 19.9. The maximum Gasteiger partial charge on any atom is 0.245 e. The Labute approximate surface area is 187 Å². The van der Waals surface area contributed by atoms with E-state index in [1.807, 2.05) is 22.4 Å². The third-order valence-corrected chi connectivity index (χ3v) is 7.06. The second kappa shape index (κ2) is 9.23. The number of halogens is 2. The molecule has 2 unspecified atom stereocenters. The van der Waals surface area contributed by atoms with Gasteiger partial charge in [0.2, 0.25) is 5.91 Å². The number of amides is 1. The first-order chi connectivity index (χ1) is 13.7. The molecule has 2 heterocycles. The third-order valence-electron chi connectivity index (χ3n) is 5.71. The number of nitrogens with one attached hydrogen (secondary N) is 1. The molecule has 0 spiro atoms. The van der Waals surface area contributed by atoms with E-state index in [4.69, 9.17) is 23.2 Å². The molecule has 158 valence electrons. The van der Waals surface area contributed by atoms with E-state index in [1.165, 1.54) is 16.9 Å². The van der Waals surface area contributed by atoms with Gasteiger partial charge in [-0.05, 0) is 41.4 Å². The maximum atomic E-state index is 13.4. The fourth-order valence-electron chi connectivity index (χ4n) is 4.14. The molecule has 0 bridgehead atoms. The fraction of sp³-hybridized carbons (Fsp3) is 0.545. The van der Waals surface area contributed by atoms with E-state index in [0.717, 1.165) is 35.4 Å². The highest BCUT2D eigenvalue weighted by Crippen LogP contribution is 2.42. The summed E-state index contributed by atoms with van der Waals surface area (Å²) in [7, 11) is 0. The van der Waals surface area contributed by atoms with Crippen molar-refractivity contribution in [2.75, 3.05) is 18.4 Å². The zero-order valence-electron chi connectivity index (χ0n) is 17.4. The van der Waals surface area contributed by atoms with Crippen molar-refractivity contribution >= 4 is 45.6 Å². The molecule has 3 rings (SSSR count). The van der Waals surface area contributed by atoms with Gasteiger partial charge in [0.15, 0.2) is 5.13 Å². The molecule has 29 heavy (non-hydrogen) atoms. The number of hydrogen-bond acceptors (Lipinski definition) is 4. The number of aromatic nitrogens is 1. The number of likely N-dealkylation sites (tertiary alicyclic amines) is 1. The monoisotopic (exact) mass is 453 g/mol. The molecule has 1 fully saturated rings. The Bertz CT molecular complexity index is 835. The predicted molar refractivity (Wildman–Crippen MR) is 123 cm³/mol. The summed E-state index contributed by atoms with van der Waals surface area (Å²) >= 11 is 13.4. The summed E-state index contributed by atoms with van der Waals surface area (Å²) in [5, 5.41) is 6.79. The molecule has 1 aliphatic heterocycles. The number of thiazole rings is 1. The predicted octanol–water partition coefficient (Wildman–Crippen LogP) is 6.01. The SMILES string of the molecule is CC(C)C(Nc1nc(CCl)cs1)C(=O)N1CCC(c2ccc(Cl)cc2)C(C)(C)C1. The van der Waals surface area contributed by atoms with Gasteiger partial charge in [-0.1, -0.05) is 51.4 Å². The Kier molecular flexibility index (Phi) is 7.13. The highest BCUT2D eigenvalue weighted by molar-refractivity contribution is 7.13. The lowest BCUT2D eigenvalue weighted by Crippen LogP contribution is -2.53. The number of alkyl halides is 1. The molecule has 2 aromatic rings. The lowest BCUT2D eigenvalue weighted by atomic mass is 9.70. The number of nitrogens with zero attached hydrogens (tertiary/aromatic N) is 2. The van der Waals surface area contributed by atoms with Gasteiger partial charge in [0.25, 0.3) is 0 Å². The van der Waals surface area contributed by atoms with E-state index in [0.29, 0.717) is 11.8 Å². The smallest absolute Gasteiger partial charge is 0.245 e. The largest absolute Gasteiger partial charge is 0.350 e. The number of rotatable bonds is 6. The molecule has 2 atom stereocenters. The molecule has 0 radical (unpaired) electrons. The topological polar surface area (TPSA) is 45.2 Å². The van der Waals surface area contributed by atoms with Gasteiger partial charge in [0, 0.05) is 23.5 Å². The van der Waals surface area contributed by atoms with E-state index >= 15 is 0 Å². The molecule has 1 aromatic carbocycles. The van der Waals surface area contributed by atoms with Crippen LogP contribution in [0.2, 0.25) is 5.02 Å². The first-order valence-corrected chi connectivity index (χ1v) is 11.8. The summed E-state index contributed by atoms with van der Waals surface area (Å²) in [6.45, 7) is 10.1. The number of piperidine rings is 1. The molecule has 1 aliphatic rings. The summed E-state index contributed by atoms with van der Waals surface area (Å²) in [5.41, 5.74) is 2.11. The zero-order valence-corrected chi connectivity index (χ0v) is 19.7. The van der Waals surface area contributed by atoms with Gasteiger partial charge in [-0.3, -0.25) is 4.79 Å². The van der Waals surface area contributed by atoms with E-state index in [2.05, 4.69) is 50.1 Å². The Balaban J connectivity index is 1.72. The van der Waals surface area contributed by atoms with Crippen molar-refractivity contribution < 1.29 is 4.79 Å². The second-order valence-corrected chi connectivity index (χ2v) is 10.3. The van der Waals surface area contributed by atoms with E-state index in [-0.39, 0.29) is 23.3 Å². The van der Waals surface area contributed by atoms with Crippen molar-refractivity contribution in [2.45, 2.75) is 52.0 Å². The highest BCUT2D eigenvalue weighted by Gasteiger charge is 2.40. The first-order valence-electron chi connectivity index (χ1n) is 10.0. The van der Waals surface area contributed by atoms with Crippen LogP contribution in [0.25, 0.3) is 0 Å². The van der Waals surface area contributed by atoms with Crippen LogP contribution in [-0.4, -0.2) is 34.9 Å². The zero-order chi connectivity index (χ0) is 21.2. The molecule has 0 saturated carbocycles. The summed E-state index contributed by atoms with van der Waals surface area (Å²) in [6, 6.07) is 7.83. The van der Waals surface area contributed by atoms with Gasteiger partial charge < -0.3 is 10.2 Å². The normalized spacial score (nSPS) is 20.0. The van der Waals surface area contributed by atoms with Crippen LogP contribution in [0.15, 0.2) is 29.6 Å². The van der Waals surface area contributed by atoms with Crippen molar-refractivity contribution in [2.24, 2.45) is 11.3 Å². The molecule has 4 nitrogen and oxygen atoms in total. The molecule has 1 aromatic heterocycles. The average Bonchev–Trinajstić information content (AvgIpc) is 3.13. The summed E-state index contributed by atoms with van der Waals surface area (Å²) in [6.07, 6.45) is 0.943. The van der Waals surface area contributed by atoms with Gasteiger partial charge in [0.05, 0.1) is 11.6 Å². The first kappa shape index (κ1) is 22.4. The molecular weight excluding hydrogens is 425 g/mol. The third kappa shape index (κ3) is 5.25. The van der Waals surface area contributed by atoms with Crippen LogP contribution in [0, 0.1) is 11.3 Å². The van der Waals surface area contributed by atoms with Gasteiger partial charge in [-0.25, -0.2) is 4.98 Å². The minimum Gasteiger partial charge on any atom is -0.350 e. The number of carbonyl (C=O) groups excluding carboxylic acids is 1. The fourth-order valence-corrected chi connectivity index (χ4v) is 5.24. The molecule has 7 heteroatoms. The lowest BCUT2D eigenvalue weighted by molar-refractivity contribution is -0.136. The number of benzene rings is 1. The van der Waals surface area contributed by atoms with Crippen LogP contribution >= 0.6 is 34.5 Å². The maximum absolute atomic E-state index is 13.4. The minimum atomic E-state index is -0.299. The standard InChI is InChI=1S/C22H29Cl2N3OS/c1-14(2)19(26-21-25-17(11-23)12-29-21)20(28)27-10-9-18(22(3,4)13-27)15-5-7-16(24)8-6-15/h5-8,12,14,18-19H,9-11,13H2,1-4H3,(H,25,26). The van der Waals surface area contributed by atoms with Crippen LogP contribution in [-0.2, 0) is 10.7 Å². The molecule has 1 amide bonds. The Morgan fingerprint density at radius 1 is 1.34 bits per heavy atom. The Morgan fingerprint density at radius 2 is 2.03 bits per heavy atom. The number of hydrogen-bond donors (Lipinski definition) is 1. The van der Waals surface area contributed by atoms with Crippen molar-refractivity contribution in [3.63, 3.8) is 0 Å².